The van der Waals surface area contributed by atoms with Crippen molar-refractivity contribution in [3.05, 3.63) is 29.3 Å². The van der Waals surface area contributed by atoms with Gasteiger partial charge in [-0.05, 0) is 37.1 Å². The maximum absolute atomic E-state index is 8.48. The molecule has 0 saturated carbocycles. The van der Waals surface area contributed by atoms with Crippen LogP contribution in [0.2, 0.25) is 0 Å². The van der Waals surface area contributed by atoms with Gasteiger partial charge in [-0.2, -0.15) is 0 Å². The van der Waals surface area contributed by atoms with Crippen molar-refractivity contribution in [3.63, 3.8) is 0 Å². The smallest absolute Gasteiger partial charge is 0.504 e. The molecule has 0 aliphatic rings. The van der Waals surface area contributed by atoms with Crippen molar-refractivity contribution in [3.8, 4) is 5.75 Å². The molecule has 0 radical (unpaired) electrons. The van der Waals surface area contributed by atoms with E-state index in [9.17, 15) is 0 Å². The Hall–Kier alpha value is -0.955. The monoisotopic (exact) mass is 150 g/mol. The minimum absolute atomic E-state index is 0.261. The van der Waals surface area contributed by atoms with E-state index < -0.39 is 0 Å². The summed E-state index contributed by atoms with van der Waals surface area (Å²) in [6, 6.07) is 5.84. The minimum atomic E-state index is -0.261. The summed E-state index contributed by atoms with van der Waals surface area (Å²) >= 11 is 0. The molecule has 1 aromatic carbocycles. The van der Waals surface area contributed by atoms with E-state index in [1.165, 1.54) is 0 Å². The van der Waals surface area contributed by atoms with Crippen LogP contribution in [0.4, 0.5) is 0 Å². The van der Waals surface area contributed by atoms with E-state index in [4.69, 9.17) is 9.68 Å². The molecule has 1 N–H and O–H groups in total. The topological polar surface area (TPSA) is 29.5 Å². The zero-order valence-electron chi connectivity index (χ0n) is 6.79. The maximum Gasteiger partial charge on any atom is 0.504 e. The molecule has 11 heavy (non-hydrogen) atoms. The highest BCUT2D eigenvalue weighted by atomic mass is 16.5. The van der Waals surface area contributed by atoms with Crippen LogP contribution in [0.1, 0.15) is 11.1 Å². The maximum atomic E-state index is 8.48. The zero-order chi connectivity index (χ0) is 8.27. The van der Waals surface area contributed by atoms with Crippen LogP contribution in [0.15, 0.2) is 18.2 Å². The van der Waals surface area contributed by atoms with Gasteiger partial charge in [-0.1, -0.05) is 6.07 Å². The molecule has 0 aromatic heterocycles. The number of rotatable bonds is 2. The third-order valence-corrected chi connectivity index (χ3v) is 1.43. The Bertz CT molecular complexity index is 228. The van der Waals surface area contributed by atoms with E-state index in [0.29, 0.717) is 0 Å². The van der Waals surface area contributed by atoms with Crippen LogP contribution in [-0.4, -0.2) is 12.7 Å². The summed E-state index contributed by atoms with van der Waals surface area (Å²) in [7, 11) is -0.261. The van der Waals surface area contributed by atoms with Crippen molar-refractivity contribution in [2.24, 2.45) is 0 Å². The number of benzene rings is 1. The van der Waals surface area contributed by atoms with Crippen molar-refractivity contribution in [1.29, 1.82) is 0 Å². The summed E-state index contributed by atoms with van der Waals surface area (Å²) in [5.41, 5.74) is 2.29. The van der Waals surface area contributed by atoms with E-state index in [2.05, 4.69) is 6.07 Å². The molecular weight excluding hydrogens is 139 g/mol. The van der Waals surface area contributed by atoms with Crippen molar-refractivity contribution in [2.75, 3.05) is 0 Å². The van der Waals surface area contributed by atoms with Gasteiger partial charge in [0, 0.05) is 0 Å². The molecule has 2 nitrogen and oxygen atoms in total. The van der Waals surface area contributed by atoms with E-state index in [1.54, 1.807) is 0 Å². The van der Waals surface area contributed by atoms with E-state index in [1.807, 2.05) is 26.0 Å². The van der Waals surface area contributed by atoms with Gasteiger partial charge in [-0.3, -0.25) is 0 Å². The third kappa shape index (κ3) is 2.28. The van der Waals surface area contributed by atoms with Crippen molar-refractivity contribution in [2.45, 2.75) is 13.8 Å². The summed E-state index contributed by atoms with van der Waals surface area (Å²) in [4.78, 5) is 0. The molecule has 1 rings (SSSR count). The first-order chi connectivity index (χ1) is 5.22. The minimum Gasteiger partial charge on any atom is -0.539 e. The third-order valence-electron chi connectivity index (χ3n) is 1.43. The Morgan fingerprint density at radius 2 is 1.73 bits per heavy atom. The highest BCUT2D eigenvalue weighted by Gasteiger charge is 1.95. The standard InChI is InChI=1S/C8H11BO2/c1-6-3-7(2)5-8(4-6)11-9-10/h3-5,9-10H,1-2H3. The molecular formula is C8H11BO2. The molecule has 0 spiro atoms. The van der Waals surface area contributed by atoms with Crippen LogP contribution in [-0.2, 0) is 0 Å². The molecule has 3 heteroatoms. The molecule has 0 fully saturated rings. The van der Waals surface area contributed by atoms with Gasteiger partial charge in [0.25, 0.3) is 0 Å². The van der Waals surface area contributed by atoms with E-state index in [0.717, 1.165) is 16.9 Å². The van der Waals surface area contributed by atoms with Crippen molar-refractivity contribution < 1.29 is 9.68 Å². The fraction of sp³-hybridized carbons (Fsp3) is 0.250. The Morgan fingerprint density at radius 1 is 1.18 bits per heavy atom. The first-order valence-electron chi connectivity index (χ1n) is 3.54. The van der Waals surface area contributed by atoms with E-state index in [-0.39, 0.29) is 7.69 Å². The van der Waals surface area contributed by atoms with Gasteiger partial charge in [0.15, 0.2) is 0 Å². The molecule has 0 amide bonds. The molecule has 0 aliphatic heterocycles. The summed E-state index contributed by atoms with van der Waals surface area (Å²) in [5.74, 6) is 0.727. The lowest BCUT2D eigenvalue weighted by Gasteiger charge is -2.03. The second-order valence-electron chi connectivity index (χ2n) is 2.60. The SMILES string of the molecule is Cc1cc(C)cc(OBO)c1. The highest BCUT2D eigenvalue weighted by Crippen LogP contribution is 2.15. The van der Waals surface area contributed by atoms with Gasteiger partial charge in [0.2, 0.25) is 0 Å². The van der Waals surface area contributed by atoms with Gasteiger partial charge in [-0.25, -0.2) is 0 Å². The van der Waals surface area contributed by atoms with Gasteiger partial charge in [-0.15, -0.1) is 0 Å². The lowest BCUT2D eigenvalue weighted by Crippen LogP contribution is -1.99. The average Bonchev–Trinajstić information content (AvgIpc) is 1.85. The predicted octanol–water partition coefficient (Wildman–Crippen LogP) is 0.941. The molecule has 0 heterocycles. The van der Waals surface area contributed by atoms with Crippen LogP contribution in [0.25, 0.3) is 0 Å². The average molecular weight is 150 g/mol. The Balaban J connectivity index is 2.89. The van der Waals surface area contributed by atoms with Crippen LogP contribution in [0.3, 0.4) is 0 Å². The molecule has 0 atom stereocenters. The second kappa shape index (κ2) is 3.44. The molecule has 58 valence electrons. The summed E-state index contributed by atoms with van der Waals surface area (Å²) in [6.07, 6.45) is 0. The zero-order valence-corrected chi connectivity index (χ0v) is 6.79. The normalized spacial score (nSPS) is 9.36. The molecule has 0 aliphatic carbocycles. The quantitative estimate of drug-likeness (QED) is 0.635. The second-order valence-corrected chi connectivity index (χ2v) is 2.60. The lowest BCUT2D eigenvalue weighted by molar-refractivity contribution is 0.453. The van der Waals surface area contributed by atoms with Crippen LogP contribution in [0, 0.1) is 13.8 Å². The van der Waals surface area contributed by atoms with Crippen LogP contribution in [0.5, 0.6) is 5.75 Å². The summed E-state index contributed by atoms with van der Waals surface area (Å²) < 4.78 is 4.92. The Kier molecular flexibility index (Phi) is 2.55. The van der Waals surface area contributed by atoms with Crippen LogP contribution >= 0.6 is 0 Å². The van der Waals surface area contributed by atoms with Gasteiger partial charge >= 0.3 is 7.69 Å². The molecule has 0 bridgehead atoms. The predicted molar refractivity (Wildman–Crippen MR) is 45.9 cm³/mol. The van der Waals surface area contributed by atoms with Gasteiger partial charge < -0.3 is 9.68 Å². The number of hydrogen-bond donors (Lipinski definition) is 1. The fourth-order valence-corrected chi connectivity index (χ4v) is 1.09. The first kappa shape index (κ1) is 8.14. The Morgan fingerprint density at radius 3 is 2.18 bits per heavy atom. The first-order valence-corrected chi connectivity index (χ1v) is 3.54. The summed E-state index contributed by atoms with van der Waals surface area (Å²) in [5, 5.41) is 8.48. The fourth-order valence-electron chi connectivity index (χ4n) is 1.09. The molecule has 0 saturated heterocycles. The molecule has 1 aromatic rings. The van der Waals surface area contributed by atoms with Crippen molar-refractivity contribution in [1.82, 2.24) is 0 Å². The molecule has 0 unspecified atom stereocenters. The van der Waals surface area contributed by atoms with E-state index >= 15 is 0 Å². The number of aryl methyl sites for hydroxylation is 2. The highest BCUT2D eigenvalue weighted by molar-refractivity contribution is 6.17. The van der Waals surface area contributed by atoms with Gasteiger partial charge in [0.05, 0.1) is 0 Å². The Labute approximate surface area is 67.1 Å². The largest absolute Gasteiger partial charge is 0.539 e. The lowest BCUT2D eigenvalue weighted by atomic mass is 10.1. The summed E-state index contributed by atoms with van der Waals surface area (Å²) in [6.45, 7) is 3.99. The van der Waals surface area contributed by atoms with Crippen LogP contribution < -0.4 is 4.65 Å². The number of hydrogen-bond acceptors (Lipinski definition) is 2. The van der Waals surface area contributed by atoms with Gasteiger partial charge in [0.1, 0.15) is 5.75 Å². The van der Waals surface area contributed by atoms with Crippen molar-refractivity contribution >= 4 is 7.69 Å².